The average Bonchev–Trinajstić information content (AvgIpc) is 2.10. The molecule has 0 saturated carbocycles. The van der Waals surface area contributed by atoms with E-state index in [9.17, 15) is 13.9 Å². The van der Waals surface area contributed by atoms with Gasteiger partial charge in [-0.2, -0.15) is 0 Å². The van der Waals surface area contributed by atoms with Gasteiger partial charge in [0.15, 0.2) is 0 Å². The standard InChI is InChI=1S/C5H11NO3S/c1-5(7)2-3-6(4-5)10(8)9/h7H,2-4H2,1H3,(H,8,9)/p-1. The normalized spacial score (nSPS) is 38.3. The first kappa shape index (κ1) is 8.13. The van der Waals surface area contributed by atoms with Crippen molar-refractivity contribution in [3.63, 3.8) is 0 Å². The SMILES string of the molecule is CC1(O)CCN(S(=O)[O-])C1. The molecule has 1 aliphatic rings. The molecule has 0 spiro atoms. The molecule has 0 amide bonds. The van der Waals surface area contributed by atoms with Gasteiger partial charge in [-0.05, 0) is 13.3 Å². The van der Waals surface area contributed by atoms with Gasteiger partial charge in [-0.1, -0.05) is 0 Å². The van der Waals surface area contributed by atoms with Crippen molar-refractivity contribution >= 4 is 11.3 Å². The second-order valence-corrected chi connectivity index (χ2v) is 3.78. The topological polar surface area (TPSA) is 63.6 Å². The van der Waals surface area contributed by atoms with Crippen LogP contribution in [0.1, 0.15) is 13.3 Å². The van der Waals surface area contributed by atoms with E-state index in [0.29, 0.717) is 13.0 Å². The number of hydrogen-bond donors (Lipinski definition) is 1. The molecule has 1 heterocycles. The molecule has 0 aliphatic carbocycles. The van der Waals surface area contributed by atoms with Gasteiger partial charge in [0.2, 0.25) is 0 Å². The molecule has 2 unspecified atom stereocenters. The van der Waals surface area contributed by atoms with Crippen LogP contribution in [-0.2, 0) is 11.3 Å². The summed E-state index contributed by atoms with van der Waals surface area (Å²) in [5.74, 6) is 0. The fourth-order valence-corrected chi connectivity index (χ4v) is 1.65. The summed E-state index contributed by atoms with van der Waals surface area (Å²) < 4.78 is 21.8. The minimum atomic E-state index is -2.16. The predicted molar refractivity (Wildman–Crippen MR) is 35.7 cm³/mol. The molecule has 5 heteroatoms. The summed E-state index contributed by atoms with van der Waals surface area (Å²) in [4.78, 5) is 0. The predicted octanol–water partition coefficient (Wildman–Crippen LogP) is -0.763. The Morgan fingerprint density at radius 1 is 1.80 bits per heavy atom. The minimum Gasteiger partial charge on any atom is -0.760 e. The molecule has 60 valence electrons. The molecule has 0 aromatic rings. The molecule has 0 aromatic heterocycles. The maximum Gasteiger partial charge on any atom is 0.0768 e. The smallest absolute Gasteiger partial charge is 0.0768 e. The van der Waals surface area contributed by atoms with E-state index in [0.717, 1.165) is 0 Å². The van der Waals surface area contributed by atoms with E-state index < -0.39 is 16.9 Å². The number of rotatable bonds is 1. The van der Waals surface area contributed by atoms with Gasteiger partial charge < -0.3 is 9.66 Å². The van der Waals surface area contributed by atoms with Crippen LogP contribution >= 0.6 is 0 Å². The first-order valence-electron chi connectivity index (χ1n) is 3.08. The van der Waals surface area contributed by atoms with Crippen LogP contribution < -0.4 is 0 Å². The summed E-state index contributed by atoms with van der Waals surface area (Å²) in [5.41, 5.74) is -0.819. The van der Waals surface area contributed by atoms with Crippen molar-refractivity contribution in [2.45, 2.75) is 18.9 Å². The van der Waals surface area contributed by atoms with Crippen LogP contribution in [0.2, 0.25) is 0 Å². The molecule has 2 atom stereocenters. The number of aliphatic hydroxyl groups is 1. The Balaban J connectivity index is 2.51. The summed E-state index contributed by atoms with van der Waals surface area (Å²) in [6.07, 6.45) is 0.529. The lowest BCUT2D eigenvalue weighted by molar-refractivity contribution is 0.0761. The van der Waals surface area contributed by atoms with Crippen LogP contribution in [-0.4, -0.2) is 36.9 Å². The molecule has 1 saturated heterocycles. The zero-order valence-corrected chi connectivity index (χ0v) is 6.56. The highest BCUT2D eigenvalue weighted by Crippen LogP contribution is 2.20. The van der Waals surface area contributed by atoms with Gasteiger partial charge >= 0.3 is 0 Å². The fraction of sp³-hybridized carbons (Fsp3) is 1.00. The second-order valence-electron chi connectivity index (χ2n) is 2.83. The Labute approximate surface area is 62.3 Å². The molecule has 1 rings (SSSR count). The van der Waals surface area contributed by atoms with Crippen LogP contribution in [0.3, 0.4) is 0 Å². The van der Waals surface area contributed by atoms with E-state index in [1.54, 1.807) is 6.92 Å². The summed E-state index contributed by atoms with van der Waals surface area (Å²) in [6.45, 7) is 2.30. The van der Waals surface area contributed by atoms with Crippen LogP contribution in [0, 0.1) is 0 Å². The second kappa shape index (κ2) is 2.58. The van der Waals surface area contributed by atoms with Crippen LogP contribution in [0.15, 0.2) is 0 Å². The molecular weight excluding hydrogens is 154 g/mol. The number of nitrogens with zero attached hydrogens (tertiary/aromatic N) is 1. The highest BCUT2D eigenvalue weighted by molar-refractivity contribution is 7.76. The summed E-state index contributed by atoms with van der Waals surface area (Å²) in [7, 11) is 0. The van der Waals surface area contributed by atoms with Crippen molar-refractivity contribution in [3.8, 4) is 0 Å². The maximum atomic E-state index is 10.3. The van der Waals surface area contributed by atoms with E-state index in [1.165, 1.54) is 4.31 Å². The van der Waals surface area contributed by atoms with Crippen molar-refractivity contribution in [2.24, 2.45) is 0 Å². The summed E-state index contributed by atoms with van der Waals surface area (Å²) in [5, 5.41) is 9.30. The zero-order valence-electron chi connectivity index (χ0n) is 5.74. The van der Waals surface area contributed by atoms with Crippen molar-refractivity contribution < 1.29 is 13.9 Å². The molecule has 10 heavy (non-hydrogen) atoms. The maximum absolute atomic E-state index is 10.3. The van der Waals surface area contributed by atoms with Gasteiger partial charge in [-0.15, -0.1) is 0 Å². The van der Waals surface area contributed by atoms with Gasteiger partial charge in [-0.25, -0.2) is 4.31 Å². The first-order valence-corrected chi connectivity index (χ1v) is 4.11. The largest absolute Gasteiger partial charge is 0.760 e. The lowest BCUT2D eigenvalue weighted by Gasteiger charge is -2.19. The van der Waals surface area contributed by atoms with Crippen molar-refractivity contribution in [3.05, 3.63) is 0 Å². The van der Waals surface area contributed by atoms with Crippen LogP contribution in [0.25, 0.3) is 0 Å². The summed E-state index contributed by atoms with van der Waals surface area (Å²) in [6, 6.07) is 0. The lowest BCUT2D eigenvalue weighted by Crippen LogP contribution is -2.30. The van der Waals surface area contributed by atoms with Gasteiger partial charge in [0.1, 0.15) is 0 Å². The number of β-amino-alcohol motifs (C(OH)–C–C–N with tert-alkyl or cyclic N) is 1. The third-order valence-corrected chi connectivity index (χ3v) is 2.36. The lowest BCUT2D eigenvalue weighted by atomic mass is 10.1. The Bertz CT molecular complexity index is 159. The zero-order chi connectivity index (χ0) is 7.78. The van der Waals surface area contributed by atoms with Gasteiger partial charge in [0, 0.05) is 24.4 Å². The highest BCUT2D eigenvalue weighted by Gasteiger charge is 2.31. The third kappa shape index (κ3) is 1.76. The molecule has 4 nitrogen and oxygen atoms in total. The molecule has 1 N–H and O–H groups in total. The van der Waals surface area contributed by atoms with Gasteiger partial charge in [-0.3, -0.25) is 4.21 Å². The van der Waals surface area contributed by atoms with Crippen molar-refractivity contribution in [1.82, 2.24) is 4.31 Å². The van der Waals surface area contributed by atoms with E-state index in [4.69, 9.17) is 0 Å². The van der Waals surface area contributed by atoms with Gasteiger partial charge in [0.25, 0.3) is 0 Å². The van der Waals surface area contributed by atoms with Crippen LogP contribution in [0.4, 0.5) is 0 Å². The molecule has 0 bridgehead atoms. The van der Waals surface area contributed by atoms with E-state index in [2.05, 4.69) is 0 Å². The molecule has 1 aliphatic heterocycles. The molecule has 0 radical (unpaired) electrons. The first-order chi connectivity index (χ1) is 4.51. The molecule has 0 aromatic carbocycles. The minimum absolute atomic E-state index is 0.225. The Hall–Kier alpha value is 0.0300. The summed E-state index contributed by atoms with van der Waals surface area (Å²) >= 11 is -2.16. The van der Waals surface area contributed by atoms with E-state index >= 15 is 0 Å². The number of hydrogen-bond acceptors (Lipinski definition) is 3. The van der Waals surface area contributed by atoms with Gasteiger partial charge in [0.05, 0.1) is 5.60 Å². The Morgan fingerprint density at radius 2 is 2.40 bits per heavy atom. The Kier molecular flexibility index (Phi) is 2.10. The average molecular weight is 164 g/mol. The molecule has 1 fully saturated rings. The van der Waals surface area contributed by atoms with Crippen molar-refractivity contribution in [1.29, 1.82) is 0 Å². The fourth-order valence-electron chi connectivity index (χ4n) is 1.03. The van der Waals surface area contributed by atoms with Crippen LogP contribution in [0.5, 0.6) is 0 Å². The van der Waals surface area contributed by atoms with E-state index in [-0.39, 0.29) is 6.54 Å². The van der Waals surface area contributed by atoms with E-state index in [1.807, 2.05) is 0 Å². The highest BCUT2D eigenvalue weighted by atomic mass is 32.2. The molecular formula is C5H10NO3S-. The third-order valence-electron chi connectivity index (χ3n) is 1.63. The Morgan fingerprint density at radius 3 is 2.60 bits per heavy atom. The monoisotopic (exact) mass is 164 g/mol. The van der Waals surface area contributed by atoms with Crippen molar-refractivity contribution in [2.75, 3.05) is 13.1 Å². The quantitative estimate of drug-likeness (QED) is 0.518.